The Bertz CT molecular complexity index is 347. The molecule has 3 rings (SSSR count). The fourth-order valence-corrected chi connectivity index (χ4v) is 4.65. The van der Waals surface area contributed by atoms with Gasteiger partial charge in [0, 0.05) is 32.1 Å². The molecule has 0 bridgehead atoms. The van der Waals surface area contributed by atoms with Gasteiger partial charge in [0.25, 0.3) is 0 Å². The molecule has 20 heavy (non-hydrogen) atoms. The lowest BCUT2D eigenvalue weighted by Crippen LogP contribution is -2.48. The third-order valence-electron chi connectivity index (χ3n) is 4.70. The van der Waals surface area contributed by atoms with Crippen molar-refractivity contribution in [2.24, 2.45) is 4.99 Å². The van der Waals surface area contributed by atoms with Crippen molar-refractivity contribution in [3.63, 3.8) is 0 Å². The van der Waals surface area contributed by atoms with E-state index in [1.165, 1.54) is 49.8 Å². The lowest BCUT2D eigenvalue weighted by Gasteiger charge is -2.33. The number of thioether (sulfide) groups is 1. The van der Waals surface area contributed by atoms with E-state index < -0.39 is 0 Å². The molecule has 1 spiro atoms. The fourth-order valence-electron chi connectivity index (χ4n) is 3.36. The second kappa shape index (κ2) is 6.67. The minimum Gasteiger partial charge on any atom is -0.381 e. The highest BCUT2D eigenvalue weighted by Crippen LogP contribution is 2.32. The molecule has 0 saturated carbocycles. The van der Waals surface area contributed by atoms with Crippen LogP contribution >= 0.6 is 11.8 Å². The molecule has 3 aliphatic rings. The van der Waals surface area contributed by atoms with Crippen molar-refractivity contribution in [1.29, 1.82) is 0 Å². The Hall–Kier alpha value is -0.260. The van der Waals surface area contributed by atoms with E-state index in [0.29, 0.717) is 6.04 Å². The summed E-state index contributed by atoms with van der Waals surface area (Å²) < 4.78 is 5.48. The molecular weight excluding hydrogens is 270 g/mol. The van der Waals surface area contributed by atoms with Crippen LogP contribution in [-0.2, 0) is 4.74 Å². The maximum atomic E-state index is 5.48. The minimum absolute atomic E-state index is 0.282. The molecule has 0 unspecified atom stereocenters. The van der Waals surface area contributed by atoms with Crippen LogP contribution in [0.4, 0.5) is 0 Å². The van der Waals surface area contributed by atoms with Gasteiger partial charge in [0.15, 0.2) is 5.17 Å². The van der Waals surface area contributed by atoms with Gasteiger partial charge in [-0.3, -0.25) is 4.99 Å². The molecule has 3 fully saturated rings. The number of rotatable bonds is 3. The van der Waals surface area contributed by atoms with Gasteiger partial charge in [-0.2, -0.15) is 0 Å². The van der Waals surface area contributed by atoms with Crippen molar-refractivity contribution in [3.8, 4) is 0 Å². The van der Waals surface area contributed by atoms with E-state index in [-0.39, 0.29) is 5.54 Å². The van der Waals surface area contributed by atoms with E-state index in [9.17, 15) is 0 Å². The van der Waals surface area contributed by atoms with Crippen LogP contribution in [0.2, 0.25) is 0 Å². The van der Waals surface area contributed by atoms with Crippen molar-refractivity contribution in [3.05, 3.63) is 0 Å². The Balaban J connectivity index is 1.50. The zero-order chi connectivity index (χ0) is 13.8. The van der Waals surface area contributed by atoms with Crippen LogP contribution in [0, 0.1) is 0 Å². The largest absolute Gasteiger partial charge is 0.381 e. The Morgan fingerprint density at radius 3 is 2.80 bits per heavy atom. The first kappa shape index (κ1) is 14.7. The number of nitrogens with one attached hydrogen (secondary N) is 1. The quantitative estimate of drug-likeness (QED) is 0.865. The summed E-state index contributed by atoms with van der Waals surface area (Å²) in [7, 11) is 0. The molecule has 0 amide bonds. The van der Waals surface area contributed by atoms with Crippen LogP contribution in [0.15, 0.2) is 4.99 Å². The number of aliphatic imine (C=N–C) groups is 1. The van der Waals surface area contributed by atoms with Gasteiger partial charge in [0.1, 0.15) is 0 Å². The van der Waals surface area contributed by atoms with Crippen LogP contribution in [0.3, 0.4) is 0 Å². The molecule has 0 radical (unpaired) electrons. The SMILES string of the molecule is CCCN1CCC(N=C2NC3(CCOCC3)CS2)CC1. The normalized spacial score (nSPS) is 29.9. The topological polar surface area (TPSA) is 36.9 Å². The highest BCUT2D eigenvalue weighted by molar-refractivity contribution is 8.14. The number of hydrogen-bond acceptors (Lipinski definition) is 4. The summed E-state index contributed by atoms with van der Waals surface area (Å²) in [6.07, 6.45) is 5.98. The Labute approximate surface area is 126 Å². The van der Waals surface area contributed by atoms with Gasteiger partial charge in [-0.1, -0.05) is 18.7 Å². The van der Waals surface area contributed by atoms with Crippen LogP contribution in [0.5, 0.6) is 0 Å². The third kappa shape index (κ3) is 3.49. The van der Waals surface area contributed by atoms with Gasteiger partial charge in [0.05, 0.1) is 11.6 Å². The molecule has 4 nitrogen and oxygen atoms in total. The number of ether oxygens (including phenoxy) is 1. The van der Waals surface area contributed by atoms with E-state index in [4.69, 9.17) is 9.73 Å². The minimum atomic E-state index is 0.282. The molecule has 5 heteroatoms. The summed E-state index contributed by atoms with van der Waals surface area (Å²) in [5.74, 6) is 1.17. The van der Waals surface area contributed by atoms with Crippen molar-refractivity contribution < 1.29 is 4.74 Å². The van der Waals surface area contributed by atoms with E-state index in [1.807, 2.05) is 11.8 Å². The summed E-state index contributed by atoms with van der Waals surface area (Å²) in [5.41, 5.74) is 0.282. The predicted molar refractivity (Wildman–Crippen MR) is 85.6 cm³/mol. The van der Waals surface area contributed by atoms with Gasteiger partial charge in [-0.25, -0.2) is 0 Å². The molecule has 0 atom stereocenters. The number of piperidine rings is 1. The number of nitrogens with zero attached hydrogens (tertiary/aromatic N) is 2. The lowest BCUT2D eigenvalue weighted by molar-refractivity contribution is 0.0555. The summed E-state index contributed by atoms with van der Waals surface area (Å²) in [6.45, 7) is 7.75. The molecule has 3 aliphatic heterocycles. The molecular formula is C15H27N3OS. The monoisotopic (exact) mass is 297 g/mol. The summed E-state index contributed by atoms with van der Waals surface area (Å²) in [6, 6.07) is 0.535. The second-order valence-corrected chi connectivity index (χ2v) is 7.28. The summed E-state index contributed by atoms with van der Waals surface area (Å²) in [5, 5.41) is 4.90. The lowest BCUT2D eigenvalue weighted by atomic mass is 9.93. The van der Waals surface area contributed by atoms with Gasteiger partial charge >= 0.3 is 0 Å². The van der Waals surface area contributed by atoms with Gasteiger partial charge in [-0.05, 0) is 38.6 Å². The molecule has 0 aromatic carbocycles. The van der Waals surface area contributed by atoms with E-state index >= 15 is 0 Å². The van der Waals surface area contributed by atoms with Gasteiger partial charge in [-0.15, -0.1) is 0 Å². The third-order valence-corrected chi connectivity index (χ3v) is 5.88. The maximum absolute atomic E-state index is 5.48. The Morgan fingerprint density at radius 2 is 2.10 bits per heavy atom. The number of amidine groups is 1. The van der Waals surface area contributed by atoms with Crippen LogP contribution in [0.25, 0.3) is 0 Å². The molecule has 0 aromatic heterocycles. The van der Waals surface area contributed by atoms with Crippen molar-refractivity contribution in [1.82, 2.24) is 10.2 Å². The average molecular weight is 297 g/mol. The molecule has 3 saturated heterocycles. The first-order valence-corrected chi connectivity index (χ1v) is 9.07. The Morgan fingerprint density at radius 1 is 1.35 bits per heavy atom. The standard InChI is InChI=1S/C15H27N3OS/c1-2-7-18-8-3-13(4-9-18)16-14-17-15(12-20-14)5-10-19-11-6-15/h13H,2-12H2,1H3,(H,16,17). The van der Waals surface area contributed by atoms with E-state index in [0.717, 1.165) is 26.1 Å². The van der Waals surface area contributed by atoms with E-state index in [1.54, 1.807) is 0 Å². The smallest absolute Gasteiger partial charge is 0.157 e. The summed E-state index contributed by atoms with van der Waals surface area (Å²) >= 11 is 1.92. The van der Waals surface area contributed by atoms with Crippen molar-refractivity contribution >= 4 is 16.9 Å². The highest BCUT2D eigenvalue weighted by Gasteiger charge is 2.38. The van der Waals surface area contributed by atoms with Crippen molar-refractivity contribution in [2.75, 3.05) is 38.6 Å². The molecule has 3 heterocycles. The zero-order valence-corrected chi connectivity index (χ0v) is 13.4. The second-order valence-electron chi connectivity index (χ2n) is 6.31. The van der Waals surface area contributed by atoms with Crippen LogP contribution in [-0.4, -0.2) is 60.2 Å². The van der Waals surface area contributed by atoms with Crippen LogP contribution < -0.4 is 5.32 Å². The molecule has 114 valence electrons. The maximum Gasteiger partial charge on any atom is 0.157 e. The summed E-state index contributed by atoms with van der Waals surface area (Å²) in [4.78, 5) is 7.56. The first-order chi connectivity index (χ1) is 9.80. The zero-order valence-electron chi connectivity index (χ0n) is 12.6. The number of hydrogen-bond donors (Lipinski definition) is 1. The average Bonchev–Trinajstić information content (AvgIpc) is 2.85. The van der Waals surface area contributed by atoms with Gasteiger partial charge < -0.3 is 15.0 Å². The molecule has 0 aromatic rings. The van der Waals surface area contributed by atoms with Crippen molar-refractivity contribution in [2.45, 2.75) is 50.6 Å². The van der Waals surface area contributed by atoms with E-state index in [2.05, 4.69) is 17.1 Å². The van der Waals surface area contributed by atoms with Gasteiger partial charge in [0.2, 0.25) is 0 Å². The fraction of sp³-hybridized carbons (Fsp3) is 0.933. The Kier molecular flexibility index (Phi) is 4.89. The van der Waals surface area contributed by atoms with Crippen LogP contribution in [0.1, 0.15) is 39.0 Å². The molecule has 0 aliphatic carbocycles. The number of likely N-dealkylation sites (tertiary alicyclic amines) is 1. The highest BCUT2D eigenvalue weighted by atomic mass is 32.2. The predicted octanol–water partition coefficient (Wildman–Crippen LogP) is 2.10. The molecule has 1 N–H and O–H groups in total. The first-order valence-electron chi connectivity index (χ1n) is 8.08.